The van der Waals surface area contributed by atoms with Gasteiger partial charge in [-0.1, -0.05) is 41.6 Å². The average Bonchev–Trinajstić information content (AvgIpc) is 3.03. The second-order valence-corrected chi connectivity index (χ2v) is 7.27. The minimum atomic E-state index is -0.451. The second-order valence-electron chi connectivity index (χ2n) is 6.33. The molecule has 1 N–H and O–H groups in total. The molecule has 9 heteroatoms. The van der Waals surface area contributed by atoms with Crippen molar-refractivity contribution in [2.75, 3.05) is 11.1 Å². The van der Waals surface area contributed by atoms with Crippen molar-refractivity contribution in [2.24, 2.45) is 7.05 Å². The molecule has 0 aliphatic rings. The Morgan fingerprint density at radius 1 is 1.21 bits per heavy atom. The molecule has 0 saturated heterocycles. The van der Waals surface area contributed by atoms with Gasteiger partial charge >= 0.3 is 0 Å². The first-order valence-electron chi connectivity index (χ1n) is 8.49. The summed E-state index contributed by atoms with van der Waals surface area (Å²) in [7, 11) is 1.76. The van der Waals surface area contributed by atoms with Crippen LogP contribution in [0.25, 0.3) is 11.4 Å². The molecular weight excluding hydrogens is 378 g/mol. The van der Waals surface area contributed by atoms with E-state index in [9.17, 15) is 14.9 Å². The molecule has 28 heavy (non-hydrogen) atoms. The van der Waals surface area contributed by atoms with Crippen molar-refractivity contribution in [1.82, 2.24) is 14.8 Å². The molecule has 144 valence electrons. The van der Waals surface area contributed by atoms with Gasteiger partial charge in [-0.25, -0.2) is 0 Å². The smallest absolute Gasteiger partial charge is 0.270 e. The van der Waals surface area contributed by atoms with E-state index in [1.807, 2.05) is 32.0 Å². The van der Waals surface area contributed by atoms with Gasteiger partial charge in [-0.2, -0.15) is 0 Å². The number of aromatic nitrogens is 3. The van der Waals surface area contributed by atoms with Crippen LogP contribution in [0, 0.1) is 24.0 Å². The number of aryl methyl sites for hydroxylation is 2. The molecule has 0 saturated carbocycles. The highest BCUT2D eigenvalue weighted by molar-refractivity contribution is 7.99. The number of nitrogens with zero attached hydrogens (tertiary/aromatic N) is 4. The van der Waals surface area contributed by atoms with Gasteiger partial charge in [-0.3, -0.25) is 14.9 Å². The molecule has 0 bridgehead atoms. The van der Waals surface area contributed by atoms with Gasteiger partial charge in [0.05, 0.1) is 10.7 Å². The highest BCUT2D eigenvalue weighted by Crippen LogP contribution is 2.25. The zero-order valence-electron chi connectivity index (χ0n) is 15.7. The highest BCUT2D eigenvalue weighted by Gasteiger charge is 2.15. The SMILES string of the molecule is Cc1ccc(NC(=O)CSc2nnc(-c3cccc([N+](=O)[O-])c3)n2C)c(C)c1. The minimum absolute atomic E-state index is 0.0115. The molecule has 3 rings (SSSR count). The molecule has 1 aromatic heterocycles. The van der Waals surface area contributed by atoms with Crippen LogP contribution in [0.4, 0.5) is 11.4 Å². The van der Waals surface area contributed by atoms with Crippen LogP contribution in [-0.2, 0) is 11.8 Å². The van der Waals surface area contributed by atoms with Crippen LogP contribution in [-0.4, -0.2) is 31.3 Å². The Balaban J connectivity index is 1.68. The third-order valence-corrected chi connectivity index (χ3v) is 5.16. The molecule has 0 radical (unpaired) electrons. The maximum atomic E-state index is 12.3. The van der Waals surface area contributed by atoms with Crippen molar-refractivity contribution >= 4 is 29.0 Å². The topological polar surface area (TPSA) is 103 Å². The zero-order valence-corrected chi connectivity index (χ0v) is 16.5. The lowest BCUT2D eigenvalue weighted by Gasteiger charge is -2.09. The maximum absolute atomic E-state index is 12.3. The van der Waals surface area contributed by atoms with Gasteiger partial charge in [0.15, 0.2) is 11.0 Å². The van der Waals surface area contributed by atoms with E-state index in [4.69, 9.17) is 0 Å². The molecule has 0 spiro atoms. The number of nitrogens with one attached hydrogen (secondary N) is 1. The van der Waals surface area contributed by atoms with Crippen LogP contribution >= 0.6 is 11.8 Å². The number of rotatable bonds is 6. The van der Waals surface area contributed by atoms with Gasteiger partial charge in [-0.15, -0.1) is 10.2 Å². The lowest BCUT2D eigenvalue weighted by Crippen LogP contribution is -2.15. The number of carbonyl (C=O) groups excluding carboxylic acids is 1. The molecule has 1 amide bonds. The zero-order chi connectivity index (χ0) is 20.3. The standard InChI is InChI=1S/C19H19N5O3S/c1-12-7-8-16(13(2)9-12)20-17(25)11-28-19-22-21-18(23(19)3)14-5-4-6-15(10-14)24(26)27/h4-10H,11H2,1-3H3,(H,20,25). The van der Waals surface area contributed by atoms with Gasteiger partial charge in [0.1, 0.15) is 0 Å². The predicted octanol–water partition coefficient (Wildman–Crippen LogP) is 3.74. The molecular formula is C19H19N5O3S. The first-order chi connectivity index (χ1) is 13.3. The first kappa shape index (κ1) is 19.6. The number of hydrogen-bond acceptors (Lipinski definition) is 6. The van der Waals surface area contributed by atoms with Crippen LogP contribution < -0.4 is 5.32 Å². The summed E-state index contributed by atoms with van der Waals surface area (Å²) >= 11 is 1.25. The molecule has 0 aliphatic heterocycles. The Labute approximate surface area is 166 Å². The summed E-state index contributed by atoms with van der Waals surface area (Å²) in [4.78, 5) is 22.8. The van der Waals surface area contributed by atoms with Crippen molar-refractivity contribution < 1.29 is 9.72 Å². The molecule has 0 atom stereocenters. The highest BCUT2D eigenvalue weighted by atomic mass is 32.2. The van der Waals surface area contributed by atoms with Crippen LogP contribution in [0.1, 0.15) is 11.1 Å². The van der Waals surface area contributed by atoms with E-state index < -0.39 is 4.92 Å². The number of nitro benzene ring substituents is 1. The Kier molecular flexibility index (Phi) is 5.74. The normalized spacial score (nSPS) is 10.7. The fraction of sp³-hybridized carbons (Fsp3) is 0.211. The molecule has 2 aromatic carbocycles. The number of hydrogen-bond donors (Lipinski definition) is 1. The Hall–Kier alpha value is -3.20. The number of thioether (sulfide) groups is 1. The average molecular weight is 397 g/mol. The molecule has 1 heterocycles. The molecule has 0 fully saturated rings. The van der Waals surface area contributed by atoms with E-state index in [1.165, 1.54) is 23.9 Å². The largest absolute Gasteiger partial charge is 0.325 e. The summed E-state index contributed by atoms with van der Waals surface area (Å²) in [6.07, 6.45) is 0. The summed E-state index contributed by atoms with van der Waals surface area (Å²) in [5.74, 6) is 0.534. The van der Waals surface area contributed by atoms with Gasteiger partial charge in [-0.05, 0) is 25.5 Å². The lowest BCUT2D eigenvalue weighted by atomic mass is 10.1. The fourth-order valence-electron chi connectivity index (χ4n) is 2.72. The van der Waals surface area contributed by atoms with Crippen molar-refractivity contribution in [3.05, 3.63) is 63.7 Å². The number of carbonyl (C=O) groups is 1. The summed E-state index contributed by atoms with van der Waals surface area (Å²) in [5, 5.41) is 22.6. The molecule has 0 aliphatic carbocycles. The molecule has 0 unspecified atom stereocenters. The summed E-state index contributed by atoms with van der Waals surface area (Å²) in [5.41, 5.74) is 3.51. The van der Waals surface area contributed by atoms with Crippen molar-refractivity contribution in [3.8, 4) is 11.4 Å². The van der Waals surface area contributed by atoms with Crippen molar-refractivity contribution in [3.63, 3.8) is 0 Å². The summed E-state index contributed by atoms with van der Waals surface area (Å²) < 4.78 is 1.72. The van der Waals surface area contributed by atoms with Crippen molar-refractivity contribution in [1.29, 1.82) is 0 Å². The second kappa shape index (κ2) is 8.22. The Morgan fingerprint density at radius 2 is 2.00 bits per heavy atom. The van der Waals surface area contributed by atoms with Gasteiger partial charge < -0.3 is 9.88 Å². The van der Waals surface area contributed by atoms with E-state index in [0.717, 1.165) is 16.8 Å². The van der Waals surface area contributed by atoms with E-state index in [1.54, 1.807) is 23.7 Å². The van der Waals surface area contributed by atoms with Gasteiger partial charge in [0, 0.05) is 30.4 Å². The van der Waals surface area contributed by atoms with Gasteiger partial charge in [0.2, 0.25) is 5.91 Å². The number of anilines is 1. The number of non-ortho nitro benzene ring substituents is 1. The van der Waals surface area contributed by atoms with Crippen LogP contribution in [0.15, 0.2) is 47.6 Å². The lowest BCUT2D eigenvalue weighted by molar-refractivity contribution is -0.384. The first-order valence-corrected chi connectivity index (χ1v) is 9.48. The van der Waals surface area contributed by atoms with Crippen LogP contribution in [0.5, 0.6) is 0 Å². The summed E-state index contributed by atoms with van der Waals surface area (Å²) in [6, 6.07) is 12.1. The monoisotopic (exact) mass is 397 g/mol. The quantitative estimate of drug-likeness (QED) is 0.386. The Bertz CT molecular complexity index is 1050. The number of benzene rings is 2. The van der Waals surface area contributed by atoms with Crippen LogP contribution in [0.3, 0.4) is 0 Å². The number of amides is 1. The van der Waals surface area contributed by atoms with E-state index in [-0.39, 0.29) is 17.3 Å². The summed E-state index contributed by atoms with van der Waals surface area (Å²) in [6.45, 7) is 3.95. The van der Waals surface area contributed by atoms with E-state index in [2.05, 4.69) is 15.5 Å². The van der Waals surface area contributed by atoms with Gasteiger partial charge in [0.25, 0.3) is 5.69 Å². The maximum Gasteiger partial charge on any atom is 0.270 e. The Morgan fingerprint density at radius 3 is 2.71 bits per heavy atom. The fourth-order valence-corrected chi connectivity index (χ4v) is 3.43. The molecule has 3 aromatic rings. The predicted molar refractivity (Wildman–Crippen MR) is 108 cm³/mol. The van der Waals surface area contributed by atoms with Crippen LogP contribution in [0.2, 0.25) is 0 Å². The minimum Gasteiger partial charge on any atom is -0.325 e. The third kappa shape index (κ3) is 4.37. The van der Waals surface area contributed by atoms with Crippen molar-refractivity contribution in [2.45, 2.75) is 19.0 Å². The third-order valence-electron chi connectivity index (χ3n) is 4.14. The van der Waals surface area contributed by atoms with E-state index in [0.29, 0.717) is 16.5 Å². The van der Waals surface area contributed by atoms with E-state index >= 15 is 0 Å². The number of nitro groups is 1. The molecule has 8 nitrogen and oxygen atoms in total.